The molecule has 1 aliphatic heterocycles. The molecule has 104 valence electrons. The van der Waals surface area contributed by atoms with Gasteiger partial charge in [-0.25, -0.2) is 4.79 Å². The second-order valence-corrected chi connectivity index (χ2v) is 6.97. The number of rotatable bonds is 0. The highest BCUT2D eigenvalue weighted by atomic mass is 16.6. The molecule has 1 heterocycles. The molecule has 1 saturated carbocycles. The Kier molecular flexibility index (Phi) is 2.50. The molecule has 4 nitrogen and oxygen atoms in total. The molecule has 3 rings (SSSR count). The van der Waals surface area contributed by atoms with E-state index in [1.807, 2.05) is 6.08 Å². The van der Waals surface area contributed by atoms with Gasteiger partial charge in [-0.1, -0.05) is 26.8 Å². The normalized spacial score (nSPS) is 44.2. The van der Waals surface area contributed by atoms with Crippen molar-refractivity contribution >= 4 is 11.9 Å². The maximum atomic E-state index is 12.0. The molecule has 0 bridgehead atoms. The van der Waals surface area contributed by atoms with Crippen molar-refractivity contribution in [2.24, 2.45) is 22.7 Å². The van der Waals surface area contributed by atoms with Crippen molar-refractivity contribution in [1.82, 2.24) is 0 Å². The van der Waals surface area contributed by atoms with Crippen LogP contribution in [0.4, 0.5) is 0 Å². The number of aliphatic hydroxyl groups excluding tert-OH is 1. The fourth-order valence-electron chi connectivity index (χ4n) is 4.52. The first kappa shape index (κ1) is 12.9. The number of esters is 2. The van der Waals surface area contributed by atoms with Gasteiger partial charge in [0, 0.05) is 5.57 Å². The first-order chi connectivity index (χ1) is 8.78. The van der Waals surface area contributed by atoms with Crippen molar-refractivity contribution in [2.45, 2.75) is 46.1 Å². The SMILES string of the molecule is CC1(C)C(O)CCC2(C)C3C(=O)OC(=O)C3=CCC12. The van der Waals surface area contributed by atoms with E-state index in [9.17, 15) is 14.7 Å². The zero-order valence-corrected chi connectivity index (χ0v) is 11.6. The Labute approximate surface area is 112 Å². The summed E-state index contributed by atoms with van der Waals surface area (Å²) in [6, 6.07) is 0. The van der Waals surface area contributed by atoms with Crippen LogP contribution in [0.3, 0.4) is 0 Å². The third-order valence-corrected chi connectivity index (χ3v) is 5.72. The molecule has 0 aromatic heterocycles. The van der Waals surface area contributed by atoms with Crippen LogP contribution in [0, 0.1) is 22.7 Å². The molecular weight excluding hydrogens is 244 g/mol. The van der Waals surface area contributed by atoms with Gasteiger partial charge in [0.15, 0.2) is 0 Å². The number of hydrogen-bond acceptors (Lipinski definition) is 4. The van der Waals surface area contributed by atoms with E-state index in [1.165, 1.54) is 0 Å². The highest BCUT2D eigenvalue weighted by Crippen LogP contribution is 2.61. The molecular formula is C15H20O4. The molecule has 1 saturated heterocycles. The van der Waals surface area contributed by atoms with Gasteiger partial charge in [-0.3, -0.25) is 4.79 Å². The molecule has 0 aromatic rings. The van der Waals surface area contributed by atoms with Gasteiger partial charge in [-0.15, -0.1) is 0 Å². The van der Waals surface area contributed by atoms with Gasteiger partial charge >= 0.3 is 11.9 Å². The Morgan fingerprint density at radius 1 is 1.32 bits per heavy atom. The van der Waals surface area contributed by atoms with E-state index in [-0.39, 0.29) is 22.9 Å². The Bertz CT molecular complexity index is 490. The lowest BCUT2D eigenvalue weighted by molar-refractivity contribution is -0.159. The summed E-state index contributed by atoms with van der Waals surface area (Å²) in [6.45, 7) is 6.18. The van der Waals surface area contributed by atoms with Gasteiger partial charge in [0.1, 0.15) is 0 Å². The maximum absolute atomic E-state index is 12.0. The Hall–Kier alpha value is -1.16. The zero-order valence-electron chi connectivity index (χ0n) is 11.6. The predicted octanol–water partition coefficient (Wildman–Crippen LogP) is 1.82. The summed E-state index contributed by atoms with van der Waals surface area (Å²) in [4.78, 5) is 23.7. The van der Waals surface area contributed by atoms with Gasteiger partial charge < -0.3 is 9.84 Å². The van der Waals surface area contributed by atoms with Crippen molar-refractivity contribution in [3.63, 3.8) is 0 Å². The standard InChI is InChI=1S/C15H20O4/c1-14(2)9-5-4-8-11(13(18)19-12(8)17)15(9,3)7-6-10(14)16/h4,9-11,16H,5-7H2,1-3H3. The second-order valence-electron chi connectivity index (χ2n) is 6.97. The van der Waals surface area contributed by atoms with Gasteiger partial charge in [-0.2, -0.15) is 0 Å². The topological polar surface area (TPSA) is 63.6 Å². The van der Waals surface area contributed by atoms with Gasteiger partial charge in [0.2, 0.25) is 0 Å². The minimum Gasteiger partial charge on any atom is -0.393 e. The molecule has 19 heavy (non-hydrogen) atoms. The lowest BCUT2D eigenvalue weighted by Crippen LogP contribution is -2.54. The third kappa shape index (κ3) is 1.49. The van der Waals surface area contributed by atoms with Crippen LogP contribution in [-0.4, -0.2) is 23.1 Å². The van der Waals surface area contributed by atoms with Crippen molar-refractivity contribution < 1.29 is 19.4 Å². The third-order valence-electron chi connectivity index (χ3n) is 5.72. The second kappa shape index (κ2) is 3.69. The van der Waals surface area contributed by atoms with E-state index < -0.39 is 17.9 Å². The van der Waals surface area contributed by atoms with Gasteiger partial charge in [-0.05, 0) is 36.0 Å². The van der Waals surface area contributed by atoms with Crippen LogP contribution in [0.1, 0.15) is 40.0 Å². The summed E-state index contributed by atoms with van der Waals surface area (Å²) in [6.07, 6.45) is 3.66. The van der Waals surface area contributed by atoms with E-state index in [2.05, 4.69) is 20.8 Å². The van der Waals surface area contributed by atoms with E-state index in [1.54, 1.807) is 0 Å². The summed E-state index contributed by atoms with van der Waals surface area (Å²) >= 11 is 0. The molecule has 0 radical (unpaired) electrons. The number of hydrogen-bond donors (Lipinski definition) is 1. The average Bonchev–Trinajstić information content (AvgIpc) is 2.61. The van der Waals surface area contributed by atoms with Crippen LogP contribution in [0.15, 0.2) is 11.6 Å². The Morgan fingerprint density at radius 2 is 2.00 bits per heavy atom. The largest absolute Gasteiger partial charge is 0.393 e. The fraction of sp³-hybridized carbons (Fsp3) is 0.733. The molecule has 4 atom stereocenters. The van der Waals surface area contributed by atoms with E-state index in [0.29, 0.717) is 12.0 Å². The number of aliphatic hydroxyl groups is 1. The Morgan fingerprint density at radius 3 is 2.68 bits per heavy atom. The minimum absolute atomic E-state index is 0.191. The van der Waals surface area contributed by atoms with Crippen LogP contribution < -0.4 is 0 Å². The van der Waals surface area contributed by atoms with Crippen molar-refractivity contribution in [3.8, 4) is 0 Å². The molecule has 4 heteroatoms. The van der Waals surface area contributed by atoms with Crippen LogP contribution in [0.25, 0.3) is 0 Å². The van der Waals surface area contributed by atoms with E-state index in [4.69, 9.17) is 4.74 Å². The quantitative estimate of drug-likeness (QED) is 0.535. The number of allylic oxidation sites excluding steroid dienone is 1. The van der Waals surface area contributed by atoms with E-state index >= 15 is 0 Å². The molecule has 3 aliphatic rings. The zero-order chi connectivity index (χ0) is 14.0. The van der Waals surface area contributed by atoms with Gasteiger partial charge in [0.25, 0.3) is 0 Å². The summed E-state index contributed by atoms with van der Waals surface area (Å²) in [7, 11) is 0. The summed E-state index contributed by atoms with van der Waals surface area (Å²) in [5, 5.41) is 10.2. The number of ether oxygens (including phenoxy) is 1. The summed E-state index contributed by atoms with van der Waals surface area (Å²) in [5.41, 5.74) is 0.00716. The number of fused-ring (bicyclic) bond motifs is 3. The monoisotopic (exact) mass is 264 g/mol. The first-order valence-electron chi connectivity index (χ1n) is 6.92. The van der Waals surface area contributed by atoms with Crippen molar-refractivity contribution in [1.29, 1.82) is 0 Å². The van der Waals surface area contributed by atoms with E-state index in [0.717, 1.165) is 12.8 Å². The number of carbonyl (C=O) groups excluding carboxylic acids is 2. The van der Waals surface area contributed by atoms with Crippen LogP contribution in [-0.2, 0) is 14.3 Å². The van der Waals surface area contributed by atoms with Gasteiger partial charge in [0.05, 0.1) is 12.0 Å². The minimum atomic E-state index is -0.474. The van der Waals surface area contributed by atoms with Crippen LogP contribution in [0.5, 0.6) is 0 Å². The Balaban J connectivity index is 2.09. The highest BCUT2D eigenvalue weighted by molar-refractivity contribution is 6.08. The number of cyclic esters (lactones) is 2. The molecule has 2 aliphatic carbocycles. The lowest BCUT2D eigenvalue weighted by atomic mass is 9.48. The lowest BCUT2D eigenvalue weighted by Gasteiger charge is -2.56. The highest BCUT2D eigenvalue weighted by Gasteiger charge is 2.61. The molecule has 4 unspecified atom stereocenters. The van der Waals surface area contributed by atoms with Crippen molar-refractivity contribution in [2.75, 3.05) is 0 Å². The molecule has 2 fully saturated rings. The predicted molar refractivity (Wildman–Crippen MR) is 67.9 cm³/mol. The molecule has 0 spiro atoms. The average molecular weight is 264 g/mol. The van der Waals surface area contributed by atoms with Crippen LogP contribution >= 0.6 is 0 Å². The summed E-state index contributed by atoms with van der Waals surface area (Å²) < 4.78 is 4.81. The fourth-order valence-corrected chi connectivity index (χ4v) is 4.52. The summed E-state index contributed by atoms with van der Waals surface area (Å²) in [5.74, 6) is -1.13. The van der Waals surface area contributed by atoms with Crippen LogP contribution in [0.2, 0.25) is 0 Å². The molecule has 0 amide bonds. The molecule has 1 N–H and O–H groups in total. The maximum Gasteiger partial charge on any atom is 0.342 e. The first-order valence-corrected chi connectivity index (χ1v) is 6.92. The molecule has 0 aromatic carbocycles. The number of carbonyl (C=O) groups is 2. The van der Waals surface area contributed by atoms with Crippen molar-refractivity contribution in [3.05, 3.63) is 11.6 Å². The smallest absolute Gasteiger partial charge is 0.342 e.